The van der Waals surface area contributed by atoms with Crippen molar-refractivity contribution in [1.82, 2.24) is 4.90 Å². The van der Waals surface area contributed by atoms with Crippen LogP contribution >= 0.6 is 12.4 Å². The van der Waals surface area contributed by atoms with Crippen molar-refractivity contribution in [2.75, 3.05) is 24.7 Å². The van der Waals surface area contributed by atoms with E-state index in [1.807, 2.05) is 0 Å². The zero-order chi connectivity index (χ0) is 15.4. The van der Waals surface area contributed by atoms with Gasteiger partial charge in [-0.3, -0.25) is 19.3 Å². The number of carbonyl (C=O) groups excluding carboxylic acids is 3. The third-order valence-electron chi connectivity index (χ3n) is 3.23. The molecule has 3 N–H and O–H groups in total. The van der Waals surface area contributed by atoms with Crippen LogP contribution in [0.3, 0.4) is 0 Å². The lowest BCUT2D eigenvalue weighted by Crippen LogP contribution is -2.32. The van der Waals surface area contributed by atoms with Gasteiger partial charge in [-0.15, -0.1) is 12.4 Å². The van der Waals surface area contributed by atoms with Crippen molar-refractivity contribution in [2.45, 2.75) is 19.3 Å². The second kappa shape index (κ2) is 7.65. The Morgan fingerprint density at radius 3 is 2.50 bits per heavy atom. The second-order valence-corrected chi connectivity index (χ2v) is 4.69. The van der Waals surface area contributed by atoms with E-state index in [9.17, 15) is 14.4 Å². The molecule has 0 saturated carbocycles. The molecule has 120 valence electrons. The van der Waals surface area contributed by atoms with Crippen LogP contribution in [-0.4, -0.2) is 36.3 Å². The van der Waals surface area contributed by atoms with Crippen molar-refractivity contribution in [3.63, 3.8) is 0 Å². The maximum atomic E-state index is 11.8. The van der Waals surface area contributed by atoms with Gasteiger partial charge in [-0.05, 0) is 18.2 Å². The van der Waals surface area contributed by atoms with E-state index >= 15 is 0 Å². The zero-order valence-corrected chi connectivity index (χ0v) is 12.9. The molecular weight excluding hydrogens is 310 g/mol. The number of anilines is 2. The van der Waals surface area contributed by atoms with Crippen LogP contribution in [0.5, 0.6) is 5.75 Å². The molecule has 0 radical (unpaired) electrons. The molecule has 1 fully saturated rings. The summed E-state index contributed by atoms with van der Waals surface area (Å²) < 4.78 is 5.02. The Morgan fingerprint density at radius 2 is 1.95 bits per heavy atom. The number of benzene rings is 1. The lowest BCUT2D eigenvalue weighted by Gasteiger charge is -2.13. The first kappa shape index (κ1) is 17.8. The summed E-state index contributed by atoms with van der Waals surface area (Å²) in [6.07, 6.45) is 0.522. The highest BCUT2D eigenvalue weighted by Gasteiger charge is 2.28. The molecule has 3 amide bonds. The van der Waals surface area contributed by atoms with Crippen LogP contribution in [0.25, 0.3) is 0 Å². The fourth-order valence-corrected chi connectivity index (χ4v) is 2.12. The van der Waals surface area contributed by atoms with Gasteiger partial charge in [0, 0.05) is 31.5 Å². The zero-order valence-electron chi connectivity index (χ0n) is 12.1. The number of ether oxygens (including phenoxy) is 1. The predicted octanol–water partition coefficient (Wildman–Crippen LogP) is 1.18. The van der Waals surface area contributed by atoms with E-state index in [0.717, 1.165) is 4.90 Å². The van der Waals surface area contributed by atoms with Crippen LogP contribution in [0.15, 0.2) is 18.2 Å². The molecule has 1 heterocycles. The molecule has 2 rings (SSSR count). The minimum absolute atomic E-state index is 0. The van der Waals surface area contributed by atoms with Crippen LogP contribution in [0.4, 0.5) is 11.4 Å². The number of rotatable bonds is 5. The summed E-state index contributed by atoms with van der Waals surface area (Å²) in [5, 5.41) is 2.66. The van der Waals surface area contributed by atoms with E-state index in [1.165, 1.54) is 7.11 Å². The van der Waals surface area contributed by atoms with Crippen LogP contribution in [-0.2, 0) is 14.4 Å². The summed E-state index contributed by atoms with van der Waals surface area (Å²) in [7, 11) is 1.51. The van der Waals surface area contributed by atoms with E-state index in [0.29, 0.717) is 17.1 Å². The first-order chi connectivity index (χ1) is 10.0. The Balaban J connectivity index is 0.00000242. The molecule has 22 heavy (non-hydrogen) atoms. The topological polar surface area (TPSA) is 102 Å². The first-order valence-corrected chi connectivity index (χ1v) is 6.58. The van der Waals surface area contributed by atoms with Gasteiger partial charge in [0.2, 0.25) is 17.7 Å². The number of hydrogen-bond donors (Lipinski definition) is 2. The van der Waals surface area contributed by atoms with Crippen LogP contribution < -0.4 is 15.8 Å². The predicted molar refractivity (Wildman–Crippen MR) is 83.9 cm³/mol. The van der Waals surface area contributed by atoms with Gasteiger partial charge in [-0.1, -0.05) is 0 Å². The fourth-order valence-electron chi connectivity index (χ4n) is 2.12. The molecule has 0 aromatic heterocycles. The first-order valence-electron chi connectivity index (χ1n) is 6.58. The Bertz CT molecular complexity index is 575. The van der Waals surface area contributed by atoms with Crippen LogP contribution in [0, 0.1) is 0 Å². The molecule has 1 aliphatic heterocycles. The molecule has 1 aromatic rings. The number of hydrogen-bond acceptors (Lipinski definition) is 5. The number of amides is 3. The van der Waals surface area contributed by atoms with Crippen molar-refractivity contribution in [3.05, 3.63) is 18.2 Å². The van der Waals surface area contributed by atoms with Gasteiger partial charge in [0.15, 0.2) is 0 Å². The molecule has 0 aliphatic carbocycles. The van der Waals surface area contributed by atoms with Crippen molar-refractivity contribution >= 4 is 41.5 Å². The largest absolute Gasteiger partial charge is 0.495 e. The molecule has 1 aliphatic rings. The average Bonchev–Trinajstić information content (AvgIpc) is 2.76. The molecule has 8 heteroatoms. The summed E-state index contributed by atoms with van der Waals surface area (Å²) in [5.74, 6) is -0.198. The number of nitrogens with one attached hydrogen (secondary N) is 1. The number of nitrogens with zero attached hydrogens (tertiary/aromatic N) is 1. The number of halogens is 1. The fraction of sp³-hybridized carbons (Fsp3) is 0.357. The number of carbonyl (C=O) groups is 3. The van der Waals surface area contributed by atoms with E-state index < -0.39 is 0 Å². The summed E-state index contributed by atoms with van der Waals surface area (Å²) in [6.45, 7) is 0.106. The molecule has 0 atom stereocenters. The molecule has 0 spiro atoms. The highest BCUT2D eigenvalue weighted by atomic mass is 35.5. The highest BCUT2D eigenvalue weighted by Crippen LogP contribution is 2.24. The molecule has 0 bridgehead atoms. The molecular formula is C14H18ClN3O4. The Morgan fingerprint density at radius 1 is 1.32 bits per heavy atom. The minimum atomic E-state index is -0.285. The van der Waals surface area contributed by atoms with Gasteiger partial charge in [0.25, 0.3) is 0 Å². The Labute approximate surface area is 134 Å². The molecule has 1 aromatic carbocycles. The van der Waals surface area contributed by atoms with Crippen molar-refractivity contribution in [3.8, 4) is 5.75 Å². The summed E-state index contributed by atoms with van der Waals surface area (Å²) >= 11 is 0. The van der Waals surface area contributed by atoms with E-state index in [4.69, 9.17) is 10.5 Å². The van der Waals surface area contributed by atoms with Gasteiger partial charge in [0.05, 0.1) is 12.8 Å². The summed E-state index contributed by atoms with van der Waals surface area (Å²) in [4.78, 5) is 35.8. The van der Waals surface area contributed by atoms with Crippen LogP contribution in [0.1, 0.15) is 19.3 Å². The van der Waals surface area contributed by atoms with E-state index in [1.54, 1.807) is 18.2 Å². The smallest absolute Gasteiger partial charge is 0.229 e. The normalized spacial score (nSPS) is 13.8. The van der Waals surface area contributed by atoms with Crippen molar-refractivity contribution in [1.29, 1.82) is 0 Å². The molecule has 7 nitrogen and oxygen atoms in total. The SMILES string of the molecule is COc1ccc(NC(=O)CCN2C(=O)CCC2=O)cc1N.Cl. The number of nitrogens with two attached hydrogens (primary N) is 1. The Hall–Kier alpha value is -2.28. The number of likely N-dealkylation sites (tertiary alicyclic amines) is 1. The standard InChI is InChI=1S/C14H17N3O4.ClH/c1-21-11-3-2-9(8-10(11)15)16-12(18)6-7-17-13(19)4-5-14(17)20;/h2-3,8H,4-7,15H2,1H3,(H,16,18);1H. The lowest BCUT2D eigenvalue weighted by molar-refractivity contribution is -0.138. The lowest BCUT2D eigenvalue weighted by atomic mass is 10.2. The maximum Gasteiger partial charge on any atom is 0.229 e. The summed E-state index contributed by atoms with van der Waals surface area (Å²) in [5.41, 5.74) is 6.70. The van der Waals surface area contributed by atoms with Gasteiger partial charge < -0.3 is 15.8 Å². The third-order valence-corrected chi connectivity index (χ3v) is 3.23. The van der Waals surface area contributed by atoms with Gasteiger partial charge in [-0.25, -0.2) is 0 Å². The number of nitrogen functional groups attached to an aromatic ring is 1. The average molecular weight is 328 g/mol. The second-order valence-electron chi connectivity index (χ2n) is 4.69. The quantitative estimate of drug-likeness (QED) is 0.624. The third kappa shape index (κ3) is 4.11. The van der Waals surface area contributed by atoms with Gasteiger partial charge in [-0.2, -0.15) is 0 Å². The Kier molecular flexibility index (Phi) is 6.18. The van der Waals surface area contributed by atoms with Crippen LogP contribution in [0.2, 0.25) is 0 Å². The van der Waals surface area contributed by atoms with Gasteiger partial charge in [0.1, 0.15) is 5.75 Å². The van der Waals surface area contributed by atoms with Crippen molar-refractivity contribution < 1.29 is 19.1 Å². The maximum absolute atomic E-state index is 11.8. The van der Waals surface area contributed by atoms with Gasteiger partial charge >= 0.3 is 0 Å². The van der Waals surface area contributed by atoms with E-state index in [-0.39, 0.29) is 55.9 Å². The monoisotopic (exact) mass is 327 g/mol. The summed E-state index contributed by atoms with van der Waals surface area (Å²) in [6, 6.07) is 4.90. The minimum Gasteiger partial charge on any atom is -0.495 e. The molecule has 0 unspecified atom stereocenters. The van der Waals surface area contributed by atoms with E-state index in [2.05, 4.69) is 5.32 Å². The molecule has 1 saturated heterocycles. The van der Waals surface area contributed by atoms with Crippen molar-refractivity contribution in [2.24, 2.45) is 0 Å². The number of methoxy groups -OCH3 is 1. The highest BCUT2D eigenvalue weighted by molar-refractivity contribution is 6.02. The number of imide groups is 1.